The van der Waals surface area contributed by atoms with Crippen LogP contribution in [0.5, 0.6) is 0 Å². The molecule has 0 aliphatic rings. The van der Waals surface area contributed by atoms with E-state index in [2.05, 4.69) is 29.5 Å². The zero-order valence-corrected chi connectivity index (χ0v) is 30.6. The highest BCUT2D eigenvalue weighted by atomic mass is 32.2. The lowest BCUT2D eigenvalue weighted by Crippen LogP contribution is -2.38. The summed E-state index contributed by atoms with van der Waals surface area (Å²) in [5.41, 5.74) is 6.09. The molecule has 48 heavy (non-hydrogen) atoms. The van der Waals surface area contributed by atoms with Gasteiger partial charge in [0, 0.05) is 24.3 Å². The van der Waals surface area contributed by atoms with Gasteiger partial charge in [-0.25, -0.2) is 4.68 Å². The number of aromatic nitrogens is 3. The van der Waals surface area contributed by atoms with E-state index in [1.807, 2.05) is 0 Å². The van der Waals surface area contributed by atoms with Gasteiger partial charge in [-0.1, -0.05) is 122 Å². The Kier molecular flexibility index (Phi) is 27.1. The maximum Gasteiger partial charge on any atom is 0.306 e. The number of hydrogen-bond acceptors (Lipinski definition) is 11. The molecule has 1 aromatic heterocycles. The highest BCUT2D eigenvalue weighted by Gasteiger charge is 2.20. The quantitative estimate of drug-likeness (QED) is 0.0518. The topological polar surface area (TPSA) is 179 Å². The number of unbranched alkanes of at least 4 members (excludes halogenated alkanes) is 16. The molecule has 0 aliphatic heterocycles. The minimum absolute atomic E-state index is 0.0308. The standard InChI is InChI=1S/C35H65N5O7S/c1-3-5-7-9-11-13-15-17-19-21-33(43)46-26-30(47-34(44)22-20-18-16-14-12-10-8-6-4-2)27-48-28-31(36)35(45)37-32-24-40(39-38-32)23-29(42)25-41/h24,29-31,41-42H,3-23,25-28,36H2,1-2H3,(H,37,45)/t29-,30-,31-/m1/s1. The Morgan fingerprint density at radius 2 is 1.35 bits per heavy atom. The maximum absolute atomic E-state index is 12.7. The molecule has 12 nitrogen and oxygen atoms in total. The van der Waals surface area contributed by atoms with Gasteiger partial charge in [0.25, 0.3) is 0 Å². The van der Waals surface area contributed by atoms with Gasteiger partial charge in [0.05, 0.1) is 31.5 Å². The van der Waals surface area contributed by atoms with Gasteiger partial charge in [-0.15, -0.1) is 5.10 Å². The molecule has 0 aromatic carbocycles. The van der Waals surface area contributed by atoms with Gasteiger partial charge < -0.3 is 30.7 Å². The number of nitrogens with zero attached hydrogens (tertiary/aromatic N) is 3. The zero-order chi connectivity index (χ0) is 35.2. The molecule has 0 radical (unpaired) electrons. The molecule has 0 unspecified atom stereocenters. The first-order valence-electron chi connectivity index (χ1n) is 18.5. The van der Waals surface area contributed by atoms with Gasteiger partial charge in [-0.2, -0.15) is 11.8 Å². The first-order chi connectivity index (χ1) is 23.3. The number of aliphatic hydroxyl groups excluding tert-OH is 2. The Labute approximate surface area is 293 Å². The van der Waals surface area contributed by atoms with Gasteiger partial charge >= 0.3 is 11.9 Å². The summed E-state index contributed by atoms with van der Waals surface area (Å²) in [6, 6.07) is -0.879. The highest BCUT2D eigenvalue weighted by Crippen LogP contribution is 2.15. The van der Waals surface area contributed by atoms with Gasteiger partial charge in [-0.05, 0) is 12.8 Å². The monoisotopic (exact) mass is 699 g/mol. The number of nitrogens with two attached hydrogens (primary N) is 1. The maximum atomic E-state index is 12.7. The van der Waals surface area contributed by atoms with Crippen molar-refractivity contribution in [2.45, 2.75) is 167 Å². The van der Waals surface area contributed by atoms with E-state index in [-0.39, 0.29) is 36.7 Å². The SMILES string of the molecule is CCCCCCCCCCCC(=O)OC[C@H](CSC[C@@H](N)C(=O)Nc1cn(C[C@@H](O)CO)nn1)OC(=O)CCCCCCCCCCC. The molecule has 278 valence electrons. The van der Waals surface area contributed by atoms with E-state index in [1.165, 1.54) is 99.7 Å². The third-order valence-electron chi connectivity index (χ3n) is 8.03. The van der Waals surface area contributed by atoms with E-state index in [4.69, 9.17) is 20.3 Å². The van der Waals surface area contributed by atoms with Crippen LogP contribution >= 0.6 is 11.8 Å². The van der Waals surface area contributed by atoms with E-state index in [0.717, 1.165) is 38.5 Å². The first kappa shape index (κ1) is 43.8. The van der Waals surface area contributed by atoms with Crippen LogP contribution in [0.1, 0.15) is 142 Å². The molecule has 0 saturated heterocycles. The number of thioether (sulfide) groups is 1. The summed E-state index contributed by atoms with van der Waals surface area (Å²) in [5.74, 6) is -0.336. The Morgan fingerprint density at radius 3 is 1.90 bits per heavy atom. The van der Waals surface area contributed by atoms with E-state index in [0.29, 0.717) is 18.6 Å². The van der Waals surface area contributed by atoms with Crippen molar-refractivity contribution in [1.29, 1.82) is 0 Å². The first-order valence-corrected chi connectivity index (χ1v) is 19.6. The molecular weight excluding hydrogens is 634 g/mol. The van der Waals surface area contributed by atoms with Crippen LogP contribution in [0, 0.1) is 0 Å². The smallest absolute Gasteiger partial charge is 0.306 e. The average Bonchev–Trinajstić information content (AvgIpc) is 3.51. The van der Waals surface area contributed by atoms with Crippen molar-refractivity contribution in [1.82, 2.24) is 15.0 Å². The van der Waals surface area contributed by atoms with Crippen molar-refractivity contribution in [3.8, 4) is 0 Å². The van der Waals surface area contributed by atoms with E-state index < -0.39 is 30.8 Å². The second-order valence-electron chi connectivity index (χ2n) is 12.7. The Hall–Kier alpha value is -2.22. The van der Waals surface area contributed by atoms with Crippen molar-refractivity contribution in [2.24, 2.45) is 5.73 Å². The number of nitrogens with one attached hydrogen (secondary N) is 1. The molecule has 0 fully saturated rings. The van der Waals surface area contributed by atoms with Crippen LogP contribution in [-0.2, 0) is 30.4 Å². The van der Waals surface area contributed by atoms with Gasteiger partial charge in [0.2, 0.25) is 5.91 Å². The van der Waals surface area contributed by atoms with Crippen molar-refractivity contribution < 1.29 is 34.1 Å². The fourth-order valence-electron chi connectivity index (χ4n) is 5.12. The highest BCUT2D eigenvalue weighted by molar-refractivity contribution is 7.99. The predicted molar refractivity (Wildman–Crippen MR) is 192 cm³/mol. The second kappa shape index (κ2) is 29.7. The number of anilines is 1. The molecule has 13 heteroatoms. The fraction of sp³-hybridized carbons (Fsp3) is 0.857. The molecule has 0 aliphatic carbocycles. The lowest BCUT2D eigenvalue weighted by atomic mass is 10.1. The Bertz CT molecular complexity index is 968. The van der Waals surface area contributed by atoms with E-state index in [1.54, 1.807) is 0 Å². The number of rotatable bonds is 32. The molecule has 0 spiro atoms. The molecule has 1 rings (SSSR count). The second-order valence-corrected chi connectivity index (χ2v) is 13.8. The molecule has 3 atom stereocenters. The summed E-state index contributed by atoms with van der Waals surface area (Å²) in [4.78, 5) is 37.7. The van der Waals surface area contributed by atoms with Gasteiger partial charge in [-0.3, -0.25) is 14.4 Å². The molecule has 5 N–H and O–H groups in total. The minimum Gasteiger partial charge on any atom is -0.462 e. The Morgan fingerprint density at radius 1 is 0.833 bits per heavy atom. The van der Waals surface area contributed by atoms with Crippen molar-refractivity contribution in [3.63, 3.8) is 0 Å². The fourth-order valence-corrected chi connectivity index (χ4v) is 6.09. The lowest BCUT2D eigenvalue weighted by Gasteiger charge is -2.19. The van der Waals surface area contributed by atoms with Crippen LogP contribution in [0.3, 0.4) is 0 Å². The largest absolute Gasteiger partial charge is 0.462 e. The third-order valence-corrected chi connectivity index (χ3v) is 9.24. The van der Waals surface area contributed by atoms with Crippen molar-refractivity contribution >= 4 is 35.4 Å². The molecular formula is C35H65N5O7S. The van der Waals surface area contributed by atoms with E-state index in [9.17, 15) is 19.5 Å². The lowest BCUT2D eigenvalue weighted by molar-refractivity contribution is -0.157. The molecule has 1 amide bonds. The summed E-state index contributed by atoms with van der Waals surface area (Å²) in [6.45, 7) is 4.01. The third kappa shape index (κ3) is 24.0. The van der Waals surface area contributed by atoms with Crippen molar-refractivity contribution in [3.05, 3.63) is 6.20 Å². The molecule has 1 aromatic rings. The number of hydrogen-bond donors (Lipinski definition) is 4. The summed E-state index contributed by atoms with van der Waals surface area (Å²) in [5, 5.41) is 28.7. The number of esters is 2. The zero-order valence-electron chi connectivity index (χ0n) is 29.7. The summed E-state index contributed by atoms with van der Waals surface area (Å²) in [6.07, 6.45) is 21.3. The summed E-state index contributed by atoms with van der Waals surface area (Å²) >= 11 is 1.34. The van der Waals surface area contributed by atoms with Gasteiger partial charge in [0.15, 0.2) is 5.82 Å². The molecule has 0 saturated carbocycles. The summed E-state index contributed by atoms with van der Waals surface area (Å²) < 4.78 is 12.5. The number of carbonyl (C=O) groups excluding carboxylic acids is 3. The van der Waals surface area contributed by atoms with Crippen LogP contribution < -0.4 is 11.1 Å². The van der Waals surface area contributed by atoms with Crippen LogP contribution in [0.4, 0.5) is 5.82 Å². The normalized spacial score (nSPS) is 13.2. The number of amides is 1. The predicted octanol–water partition coefficient (Wildman–Crippen LogP) is 5.93. The van der Waals surface area contributed by atoms with Crippen LogP contribution in [0.25, 0.3) is 0 Å². The van der Waals surface area contributed by atoms with Crippen molar-refractivity contribution in [2.75, 3.05) is 30.0 Å². The van der Waals surface area contributed by atoms with Crippen LogP contribution in [0.2, 0.25) is 0 Å². The van der Waals surface area contributed by atoms with Crippen LogP contribution in [0.15, 0.2) is 6.20 Å². The summed E-state index contributed by atoms with van der Waals surface area (Å²) in [7, 11) is 0. The number of ether oxygens (including phenoxy) is 2. The number of aliphatic hydroxyl groups is 2. The van der Waals surface area contributed by atoms with E-state index >= 15 is 0 Å². The average molecular weight is 700 g/mol. The van der Waals surface area contributed by atoms with Crippen LogP contribution in [-0.4, -0.2) is 86.0 Å². The minimum atomic E-state index is -0.991. The molecule has 0 bridgehead atoms. The Balaban J connectivity index is 2.46. The molecule has 1 heterocycles. The van der Waals surface area contributed by atoms with Gasteiger partial charge in [0.1, 0.15) is 12.7 Å². The number of carbonyl (C=O) groups is 3.